The normalized spacial score (nSPS) is 18.1. The summed E-state index contributed by atoms with van der Waals surface area (Å²) in [7, 11) is 0. The number of nitrogens with zero attached hydrogens (tertiary/aromatic N) is 5. The number of piperidine rings is 1. The van der Waals surface area contributed by atoms with Gasteiger partial charge in [0, 0.05) is 32.6 Å². The minimum absolute atomic E-state index is 0.318. The van der Waals surface area contributed by atoms with Gasteiger partial charge in [0.05, 0.1) is 6.54 Å². The molecule has 0 unspecified atom stereocenters. The Hall–Kier alpha value is -2.42. The lowest BCUT2D eigenvalue weighted by Gasteiger charge is -2.32. The minimum Gasteiger partial charge on any atom is -0.343 e. The summed E-state index contributed by atoms with van der Waals surface area (Å²) in [6, 6.07) is 0. The van der Waals surface area contributed by atoms with E-state index in [1.807, 2.05) is 16.4 Å². The lowest BCUT2D eigenvalue weighted by molar-refractivity contribution is -0.131. The topological polar surface area (TPSA) is 96.2 Å². The monoisotopic (exact) mass is 444 g/mol. The first-order chi connectivity index (χ1) is 15.5. The molecule has 2 saturated heterocycles. The van der Waals surface area contributed by atoms with Crippen molar-refractivity contribution in [1.82, 2.24) is 28.9 Å². The number of likely N-dealkylation sites (tertiary alicyclic amines) is 2. The molecule has 176 valence electrons. The van der Waals surface area contributed by atoms with Crippen molar-refractivity contribution >= 4 is 17.1 Å². The second-order valence-corrected chi connectivity index (χ2v) is 9.22. The van der Waals surface area contributed by atoms with Gasteiger partial charge in [-0.15, -0.1) is 0 Å². The molecule has 0 bridgehead atoms. The zero-order valence-electron chi connectivity index (χ0n) is 19.4. The van der Waals surface area contributed by atoms with Gasteiger partial charge in [-0.05, 0) is 58.0 Å². The highest BCUT2D eigenvalue weighted by atomic mass is 16.2. The van der Waals surface area contributed by atoms with Crippen LogP contribution in [0, 0.1) is 5.92 Å². The van der Waals surface area contributed by atoms with Crippen LogP contribution in [0.2, 0.25) is 0 Å². The fourth-order valence-corrected chi connectivity index (χ4v) is 5.09. The Morgan fingerprint density at radius 3 is 2.44 bits per heavy atom. The van der Waals surface area contributed by atoms with Gasteiger partial charge in [0.2, 0.25) is 5.91 Å². The molecule has 0 spiro atoms. The highest BCUT2D eigenvalue weighted by molar-refractivity contribution is 5.76. The number of aromatic nitrogens is 4. The van der Waals surface area contributed by atoms with E-state index in [1.54, 1.807) is 4.57 Å². The van der Waals surface area contributed by atoms with E-state index >= 15 is 0 Å². The van der Waals surface area contributed by atoms with Crippen molar-refractivity contribution < 1.29 is 4.79 Å². The summed E-state index contributed by atoms with van der Waals surface area (Å²) < 4.78 is 3.55. The van der Waals surface area contributed by atoms with Crippen LogP contribution in [0.4, 0.5) is 0 Å². The maximum Gasteiger partial charge on any atom is 0.330 e. The molecule has 0 radical (unpaired) electrons. The maximum absolute atomic E-state index is 12.6. The van der Waals surface area contributed by atoms with Crippen LogP contribution >= 0.6 is 0 Å². The number of fused-ring (bicyclic) bond motifs is 1. The highest BCUT2D eigenvalue weighted by Crippen LogP contribution is 2.24. The SMILES string of the molecule is CCCCn1c(=O)[nH]c(=O)c2c1nc(CN1CCC(CC(=O)N3CCCC3)CC1)n2CC. The summed E-state index contributed by atoms with van der Waals surface area (Å²) in [5.74, 6) is 1.60. The Labute approximate surface area is 188 Å². The zero-order chi connectivity index (χ0) is 22.7. The van der Waals surface area contributed by atoms with Gasteiger partial charge in [0.15, 0.2) is 11.2 Å². The Bertz CT molecular complexity index is 1050. The Morgan fingerprint density at radius 2 is 1.78 bits per heavy atom. The predicted octanol–water partition coefficient (Wildman–Crippen LogP) is 1.93. The second-order valence-electron chi connectivity index (χ2n) is 9.22. The van der Waals surface area contributed by atoms with Crippen LogP contribution in [0.15, 0.2) is 9.59 Å². The first kappa shape index (κ1) is 22.8. The third kappa shape index (κ3) is 4.67. The summed E-state index contributed by atoms with van der Waals surface area (Å²) in [5, 5.41) is 0. The van der Waals surface area contributed by atoms with Crippen molar-refractivity contribution in [2.75, 3.05) is 26.2 Å². The van der Waals surface area contributed by atoms with Crippen molar-refractivity contribution in [3.05, 3.63) is 26.7 Å². The number of aromatic amines is 1. The molecule has 9 heteroatoms. The standard InChI is InChI=1S/C23H36N6O3/c1-3-5-12-29-21-20(22(31)25-23(29)32)28(4-2)18(24-21)16-26-13-8-17(9-14-26)15-19(30)27-10-6-7-11-27/h17H,3-16H2,1-2H3,(H,25,31,32). The van der Waals surface area contributed by atoms with Gasteiger partial charge in [0.1, 0.15) is 5.82 Å². The van der Waals surface area contributed by atoms with Crippen molar-refractivity contribution in [1.29, 1.82) is 0 Å². The van der Waals surface area contributed by atoms with Gasteiger partial charge >= 0.3 is 5.69 Å². The van der Waals surface area contributed by atoms with Crippen LogP contribution in [-0.2, 0) is 24.4 Å². The predicted molar refractivity (Wildman–Crippen MR) is 124 cm³/mol. The average Bonchev–Trinajstić information content (AvgIpc) is 3.43. The molecule has 2 aromatic heterocycles. The van der Waals surface area contributed by atoms with Crippen molar-refractivity contribution in [3.63, 3.8) is 0 Å². The lowest BCUT2D eigenvalue weighted by Crippen LogP contribution is -2.36. The van der Waals surface area contributed by atoms with E-state index < -0.39 is 0 Å². The summed E-state index contributed by atoms with van der Waals surface area (Å²) in [6.45, 7) is 9.60. The quantitative estimate of drug-likeness (QED) is 0.671. The second kappa shape index (κ2) is 10.0. The van der Waals surface area contributed by atoms with Crippen LogP contribution in [0.5, 0.6) is 0 Å². The van der Waals surface area contributed by atoms with Crippen LogP contribution in [-0.4, -0.2) is 61.0 Å². The first-order valence-electron chi connectivity index (χ1n) is 12.2. The van der Waals surface area contributed by atoms with E-state index in [4.69, 9.17) is 4.98 Å². The number of unbranched alkanes of at least 4 members (excludes halogenated alkanes) is 1. The molecule has 0 aliphatic carbocycles. The third-order valence-corrected chi connectivity index (χ3v) is 7.01. The molecule has 2 aliphatic rings. The summed E-state index contributed by atoms with van der Waals surface area (Å²) in [6.07, 6.45) is 6.78. The highest BCUT2D eigenvalue weighted by Gasteiger charge is 2.26. The smallest absolute Gasteiger partial charge is 0.330 e. The van der Waals surface area contributed by atoms with Gasteiger partial charge in [-0.3, -0.25) is 24.0 Å². The van der Waals surface area contributed by atoms with Crippen molar-refractivity contribution in [3.8, 4) is 0 Å². The third-order valence-electron chi connectivity index (χ3n) is 7.01. The number of carbonyl (C=O) groups excluding carboxylic acids is 1. The number of hydrogen-bond donors (Lipinski definition) is 1. The summed E-state index contributed by atoms with van der Waals surface area (Å²) in [5.41, 5.74) is 0.240. The zero-order valence-corrected chi connectivity index (χ0v) is 19.4. The van der Waals surface area contributed by atoms with Gasteiger partial charge in [-0.25, -0.2) is 9.78 Å². The molecular formula is C23H36N6O3. The molecule has 1 amide bonds. The fourth-order valence-electron chi connectivity index (χ4n) is 5.09. The molecule has 4 rings (SSSR count). The van der Waals surface area contributed by atoms with E-state index in [0.717, 1.165) is 70.5 Å². The van der Waals surface area contributed by atoms with Crippen LogP contribution in [0.1, 0.15) is 64.6 Å². The Balaban J connectivity index is 1.46. The largest absolute Gasteiger partial charge is 0.343 e. The van der Waals surface area contributed by atoms with Crippen LogP contribution in [0.3, 0.4) is 0 Å². The molecule has 32 heavy (non-hydrogen) atoms. The molecule has 0 atom stereocenters. The molecule has 9 nitrogen and oxygen atoms in total. The van der Waals surface area contributed by atoms with Gasteiger partial charge in [-0.2, -0.15) is 0 Å². The lowest BCUT2D eigenvalue weighted by atomic mass is 9.93. The van der Waals surface area contributed by atoms with E-state index in [-0.39, 0.29) is 11.2 Å². The fraction of sp³-hybridized carbons (Fsp3) is 0.739. The summed E-state index contributed by atoms with van der Waals surface area (Å²) in [4.78, 5) is 49.1. The van der Waals surface area contributed by atoms with Gasteiger partial charge in [-0.1, -0.05) is 13.3 Å². The molecular weight excluding hydrogens is 408 g/mol. The van der Waals surface area contributed by atoms with Crippen molar-refractivity contribution in [2.24, 2.45) is 5.92 Å². The Kier molecular flexibility index (Phi) is 7.13. The van der Waals surface area contributed by atoms with E-state index in [0.29, 0.717) is 49.0 Å². The number of rotatable bonds is 8. The molecule has 0 saturated carbocycles. The number of nitrogens with one attached hydrogen (secondary N) is 1. The van der Waals surface area contributed by atoms with E-state index in [9.17, 15) is 14.4 Å². The van der Waals surface area contributed by atoms with Crippen molar-refractivity contribution in [2.45, 2.75) is 78.4 Å². The number of aryl methyl sites for hydroxylation is 2. The van der Waals surface area contributed by atoms with E-state index in [2.05, 4.69) is 16.8 Å². The molecule has 0 aromatic carbocycles. The van der Waals surface area contributed by atoms with Gasteiger partial charge in [0.25, 0.3) is 5.56 Å². The van der Waals surface area contributed by atoms with Crippen LogP contribution in [0.25, 0.3) is 11.2 Å². The number of H-pyrrole nitrogens is 1. The summed E-state index contributed by atoms with van der Waals surface area (Å²) >= 11 is 0. The van der Waals surface area contributed by atoms with Crippen LogP contribution < -0.4 is 11.2 Å². The Morgan fingerprint density at radius 1 is 1.06 bits per heavy atom. The molecule has 2 fully saturated rings. The van der Waals surface area contributed by atoms with Gasteiger partial charge < -0.3 is 9.47 Å². The minimum atomic E-state index is -0.383. The number of hydrogen-bond acceptors (Lipinski definition) is 5. The molecule has 4 heterocycles. The number of amides is 1. The number of imidazole rings is 1. The first-order valence-corrected chi connectivity index (χ1v) is 12.2. The maximum atomic E-state index is 12.6. The molecule has 2 aromatic rings. The number of carbonyl (C=O) groups is 1. The van der Waals surface area contributed by atoms with E-state index in [1.165, 1.54) is 0 Å². The average molecular weight is 445 g/mol. The molecule has 1 N–H and O–H groups in total. The molecule has 2 aliphatic heterocycles.